The molecule has 0 spiro atoms. The van der Waals surface area contributed by atoms with Crippen LogP contribution in [0.5, 0.6) is 23.0 Å². The molecule has 0 unspecified atom stereocenters. The van der Waals surface area contributed by atoms with Crippen molar-refractivity contribution in [1.82, 2.24) is 28.4 Å². The molecule has 5 aromatic rings. The van der Waals surface area contributed by atoms with Gasteiger partial charge in [0, 0.05) is 56.1 Å². The first-order valence-electron chi connectivity index (χ1n) is 17.8. The van der Waals surface area contributed by atoms with E-state index >= 15 is 0 Å². The number of allylic oxidation sites excluding steroid dienone is 2. The number of likely N-dealkylation sites (tertiary alicyclic amines) is 1. The van der Waals surface area contributed by atoms with E-state index in [-0.39, 0.29) is 55.0 Å². The smallest absolute Gasteiger partial charge is 0.347 e. The zero-order chi connectivity index (χ0) is 40.6. The Bertz CT molecular complexity index is 2710. The van der Waals surface area contributed by atoms with E-state index < -0.39 is 50.5 Å². The summed E-state index contributed by atoms with van der Waals surface area (Å²) in [7, 11) is 4.55. The van der Waals surface area contributed by atoms with Gasteiger partial charge in [0.05, 0.1) is 43.3 Å². The van der Waals surface area contributed by atoms with Gasteiger partial charge in [0.1, 0.15) is 23.8 Å². The molecule has 2 fully saturated rings. The van der Waals surface area contributed by atoms with Crippen LogP contribution < -0.4 is 31.1 Å². The summed E-state index contributed by atoms with van der Waals surface area (Å²) in [6, 6.07) is 16.2. The zero-order valence-electron chi connectivity index (χ0n) is 30.8. The third-order valence-electron chi connectivity index (χ3n) is 11.1. The third-order valence-corrected chi connectivity index (χ3v) is 13.1. The van der Waals surface area contributed by atoms with Crippen molar-refractivity contribution in [1.29, 1.82) is 0 Å². The maximum absolute atomic E-state index is 14.3. The summed E-state index contributed by atoms with van der Waals surface area (Å²) < 4.78 is 21.6. The van der Waals surface area contributed by atoms with Crippen molar-refractivity contribution >= 4 is 62.0 Å². The lowest BCUT2D eigenvalue weighted by atomic mass is 9.64. The van der Waals surface area contributed by atoms with Crippen molar-refractivity contribution in [3.8, 4) is 23.0 Å². The molecule has 2 amide bonds. The lowest BCUT2D eigenvalue weighted by molar-refractivity contribution is -0.138. The fourth-order valence-electron chi connectivity index (χ4n) is 8.29. The third kappa shape index (κ3) is 5.74. The number of aryl methyl sites for hydroxylation is 2. The molecule has 15 nitrogen and oxygen atoms in total. The number of methoxy groups -OCH3 is 2. The van der Waals surface area contributed by atoms with Crippen molar-refractivity contribution in [2.24, 2.45) is 7.05 Å². The summed E-state index contributed by atoms with van der Waals surface area (Å²) in [5.74, 6) is -1.91. The SMILES string of the molecule is COc1cc2nc(CCn3c(=O)n4n(c3=O)[C@@H]3C[C@@]5(Cl)C(=O)N(CBr)C(=O)[C@@]5(Cl)[C@@H](c5ccc(OCc6ccccc6)cc5O)C3=CC4)c(=O)n(C)c2cc1OC. The quantitative estimate of drug-likeness (QED) is 0.0939. The molecular weight excluding hydrogens is 847 g/mol. The van der Waals surface area contributed by atoms with Crippen LogP contribution in [-0.2, 0) is 42.8 Å². The lowest BCUT2D eigenvalue weighted by Crippen LogP contribution is -2.59. The van der Waals surface area contributed by atoms with Crippen LogP contribution in [0.3, 0.4) is 0 Å². The Balaban J connectivity index is 1.18. The normalized spacial score (nSPS) is 22.6. The first kappa shape index (κ1) is 38.5. The number of hydrogen-bond donors (Lipinski definition) is 1. The van der Waals surface area contributed by atoms with Crippen LogP contribution in [0.1, 0.15) is 35.2 Å². The second kappa shape index (κ2) is 14.3. The van der Waals surface area contributed by atoms with Gasteiger partial charge in [-0.15, -0.1) is 23.2 Å². The Morgan fingerprint density at radius 1 is 0.947 bits per heavy atom. The molecule has 1 saturated carbocycles. The molecule has 4 atom stereocenters. The fourth-order valence-corrected chi connectivity index (χ4v) is 9.69. The van der Waals surface area contributed by atoms with Crippen LogP contribution in [0.2, 0.25) is 0 Å². The zero-order valence-corrected chi connectivity index (χ0v) is 33.9. The lowest BCUT2D eigenvalue weighted by Gasteiger charge is -2.49. The monoisotopic (exact) mass is 880 g/mol. The van der Waals surface area contributed by atoms with E-state index in [1.54, 1.807) is 37.4 Å². The first-order chi connectivity index (χ1) is 27.3. The van der Waals surface area contributed by atoms with Crippen molar-refractivity contribution in [2.75, 3.05) is 19.7 Å². The van der Waals surface area contributed by atoms with E-state index in [9.17, 15) is 29.1 Å². The number of fused-ring (bicyclic) bond motifs is 5. The van der Waals surface area contributed by atoms with Crippen LogP contribution in [0, 0.1) is 0 Å². The fraction of sp³-hybridized carbons (Fsp3) is 0.333. The molecule has 57 heavy (non-hydrogen) atoms. The molecule has 1 aliphatic carbocycles. The Morgan fingerprint density at radius 2 is 1.67 bits per heavy atom. The molecule has 3 aromatic carbocycles. The van der Waals surface area contributed by atoms with Crippen LogP contribution in [0.15, 0.2) is 86.7 Å². The molecule has 18 heteroatoms. The molecule has 8 rings (SSSR count). The number of carbonyl (C=O) groups is 2. The Kier molecular flexibility index (Phi) is 9.64. The first-order valence-corrected chi connectivity index (χ1v) is 19.7. The second-order valence-corrected chi connectivity index (χ2v) is 15.8. The largest absolute Gasteiger partial charge is 0.508 e. The molecule has 296 valence electrons. The maximum Gasteiger partial charge on any atom is 0.347 e. The minimum atomic E-state index is -2.13. The predicted octanol–water partition coefficient (Wildman–Crippen LogP) is 3.95. The van der Waals surface area contributed by atoms with E-state index in [2.05, 4.69) is 20.9 Å². The minimum absolute atomic E-state index is 0.0757. The highest BCUT2D eigenvalue weighted by Crippen LogP contribution is 2.64. The number of rotatable bonds is 10. The number of nitrogens with zero attached hydrogens (tertiary/aromatic N) is 6. The highest BCUT2D eigenvalue weighted by Gasteiger charge is 2.75. The molecule has 0 bridgehead atoms. The van der Waals surface area contributed by atoms with Crippen molar-refractivity contribution in [2.45, 2.75) is 54.2 Å². The minimum Gasteiger partial charge on any atom is -0.508 e. The number of ether oxygens (including phenoxy) is 3. The van der Waals surface area contributed by atoms with Gasteiger partial charge in [-0.3, -0.25) is 19.3 Å². The van der Waals surface area contributed by atoms with Gasteiger partial charge in [-0.05, 0) is 17.2 Å². The number of phenols is 1. The van der Waals surface area contributed by atoms with Crippen LogP contribution in [-0.4, -0.2) is 74.7 Å². The highest BCUT2D eigenvalue weighted by atomic mass is 79.9. The standard InChI is InChI=1S/C39H35BrCl2N6O9/c1-44-27-17-31(56-3)30(55-2)16-26(27)43-25(33(44)50)12-13-45-36(53)47-14-11-23-28(48(47)37(45)54)18-38(41)34(51)46(20-40)35(52)39(38,42)32(23)24-10-9-22(15-29(24)49)57-19-21-7-5-4-6-8-21/h4-11,15-17,28,32,49H,12-14,18-20H2,1-3H3/t28-,32-,38-,39+/m1/s1. The van der Waals surface area contributed by atoms with Crippen LogP contribution in [0.4, 0.5) is 0 Å². The number of phenolic OH excluding ortho intramolecular Hbond substituents is 1. The van der Waals surface area contributed by atoms with Gasteiger partial charge in [0.25, 0.3) is 17.4 Å². The summed E-state index contributed by atoms with van der Waals surface area (Å²) in [4.78, 5) is 71.1. The molecule has 1 N–H and O–H groups in total. The molecule has 1 saturated heterocycles. The molecule has 0 radical (unpaired) electrons. The van der Waals surface area contributed by atoms with Gasteiger partial charge in [0.15, 0.2) is 21.2 Å². The summed E-state index contributed by atoms with van der Waals surface area (Å²) in [6.07, 6.45) is 1.28. The average molecular weight is 883 g/mol. The van der Waals surface area contributed by atoms with Gasteiger partial charge in [0.2, 0.25) is 0 Å². The second-order valence-electron chi connectivity index (χ2n) is 14.0. The molecule has 4 heterocycles. The van der Waals surface area contributed by atoms with Crippen molar-refractivity contribution < 1.29 is 28.9 Å². The average Bonchev–Trinajstić information content (AvgIpc) is 3.54. The number of alkyl halides is 3. The Labute approximate surface area is 342 Å². The number of carbonyl (C=O) groups excluding carboxylic acids is 2. The summed E-state index contributed by atoms with van der Waals surface area (Å²) in [5.41, 5.74) is 0.510. The van der Waals surface area contributed by atoms with E-state index in [1.807, 2.05) is 30.3 Å². The van der Waals surface area contributed by atoms with E-state index in [1.165, 1.54) is 34.2 Å². The van der Waals surface area contributed by atoms with Crippen molar-refractivity contribution in [3.05, 3.63) is 120 Å². The van der Waals surface area contributed by atoms with Gasteiger partial charge in [-0.1, -0.05) is 58.4 Å². The number of amides is 2. The maximum atomic E-state index is 14.3. The Hall–Kier alpha value is -5.32. The molecule has 2 aromatic heterocycles. The van der Waals surface area contributed by atoms with Gasteiger partial charge in [-0.25, -0.2) is 28.5 Å². The van der Waals surface area contributed by atoms with Gasteiger partial charge >= 0.3 is 11.4 Å². The van der Waals surface area contributed by atoms with Gasteiger partial charge in [-0.2, -0.15) is 0 Å². The number of aromatic nitrogens is 5. The van der Waals surface area contributed by atoms with E-state index in [0.717, 1.165) is 15.0 Å². The number of aromatic hydroxyl groups is 1. The van der Waals surface area contributed by atoms with E-state index in [4.69, 9.17) is 37.4 Å². The topological polar surface area (TPSA) is 169 Å². The van der Waals surface area contributed by atoms with Gasteiger partial charge < -0.3 is 23.9 Å². The Morgan fingerprint density at radius 3 is 2.35 bits per heavy atom. The number of imide groups is 1. The summed E-state index contributed by atoms with van der Waals surface area (Å²) in [5, 5.41) is 11.6. The molecule has 3 aliphatic rings. The number of benzene rings is 3. The summed E-state index contributed by atoms with van der Waals surface area (Å²) >= 11 is 17.8. The number of hydrogen-bond acceptors (Lipinski definition) is 10. The predicted molar refractivity (Wildman–Crippen MR) is 213 cm³/mol. The van der Waals surface area contributed by atoms with Crippen LogP contribution in [0.25, 0.3) is 11.0 Å². The number of halogens is 3. The van der Waals surface area contributed by atoms with Crippen LogP contribution >= 0.6 is 39.1 Å². The van der Waals surface area contributed by atoms with E-state index in [0.29, 0.717) is 33.9 Å². The molecule has 2 aliphatic heterocycles. The highest BCUT2D eigenvalue weighted by molar-refractivity contribution is 9.09. The molecular formula is C39H35BrCl2N6O9. The van der Waals surface area contributed by atoms with Crippen molar-refractivity contribution in [3.63, 3.8) is 0 Å². The summed E-state index contributed by atoms with van der Waals surface area (Å²) in [6.45, 7) is -0.0874.